The van der Waals surface area contributed by atoms with E-state index in [9.17, 15) is 5.11 Å². The molecule has 1 aliphatic carbocycles. The van der Waals surface area contributed by atoms with Gasteiger partial charge in [-0.1, -0.05) is 25.1 Å². The van der Waals surface area contributed by atoms with Gasteiger partial charge in [0.15, 0.2) is 0 Å². The molecule has 2 atom stereocenters. The molecule has 1 heterocycles. The molecule has 0 aliphatic heterocycles. The van der Waals surface area contributed by atoms with Gasteiger partial charge in [-0.2, -0.15) is 0 Å². The van der Waals surface area contributed by atoms with Gasteiger partial charge < -0.3 is 5.11 Å². The van der Waals surface area contributed by atoms with Gasteiger partial charge in [-0.05, 0) is 42.4 Å². The number of nitrogens with zero attached hydrogens (tertiary/aromatic N) is 1. The Morgan fingerprint density at radius 2 is 2.18 bits per heavy atom. The first-order valence-electron chi connectivity index (χ1n) is 6.21. The Bertz CT molecular complexity index is 551. The average Bonchev–Trinajstić information content (AvgIpc) is 2.70. The SMILES string of the molecule is CC1(c2cnc3ccccc3c2)CCC(O)C1. The number of pyridine rings is 1. The minimum absolute atomic E-state index is 0.0937. The van der Waals surface area contributed by atoms with E-state index in [1.165, 1.54) is 10.9 Å². The van der Waals surface area contributed by atoms with Crippen molar-refractivity contribution < 1.29 is 5.11 Å². The first-order valence-corrected chi connectivity index (χ1v) is 6.21. The van der Waals surface area contributed by atoms with Crippen LogP contribution >= 0.6 is 0 Å². The number of aromatic nitrogens is 1. The lowest BCUT2D eigenvalue weighted by molar-refractivity contribution is 0.175. The highest BCUT2D eigenvalue weighted by atomic mass is 16.3. The maximum absolute atomic E-state index is 9.72. The van der Waals surface area contributed by atoms with Crippen molar-refractivity contribution in [3.05, 3.63) is 42.1 Å². The molecule has 1 N–H and O–H groups in total. The summed E-state index contributed by atoms with van der Waals surface area (Å²) in [7, 11) is 0. The first-order chi connectivity index (χ1) is 8.17. The molecule has 1 aromatic carbocycles. The van der Waals surface area contributed by atoms with Crippen molar-refractivity contribution in [2.75, 3.05) is 0 Å². The van der Waals surface area contributed by atoms with Gasteiger partial charge >= 0.3 is 0 Å². The third-order valence-corrected chi connectivity index (χ3v) is 4.00. The fourth-order valence-corrected chi connectivity index (χ4v) is 2.87. The lowest BCUT2D eigenvalue weighted by atomic mass is 9.81. The van der Waals surface area contributed by atoms with Gasteiger partial charge in [-0.25, -0.2) is 0 Å². The lowest BCUT2D eigenvalue weighted by Crippen LogP contribution is -2.19. The van der Waals surface area contributed by atoms with E-state index in [1.807, 2.05) is 24.4 Å². The third-order valence-electron chi connectivity index (χ3n) is 4.00. The Morgan fingerprint density at radius 1 is 1.35 bits per heavy atom. The monoisotopic (exact) mass is 227 g/mol. The number of rotatable bonds is 1. The van der Waals surface area contributed by atoms with E-state index in [0.717, 1.165) is 24.8 Å². The van der Waals surface area contributed by atoms with Crippen LogP contribution in [0.1, 0.15) is 31.7 Å². The summed E-state index contributed by atoms with van der Waals surface area (Å²) < 4.78 is 0. The molecule has 1 fully saturated rings. The van der Waals surface area contributed by atoms with Crippen molar-refractivity contribution in [2.45, 2.75) is 37.7 Å². The molecule has 0 amide bonds. The van der Waals surface area contributed by atoms with Crippen LogP contribution in [0.15, 0.2) is 36.5 Å². The number of hydrogen-bond acceptors (Lipinski definition) is 2. The Hall–Kier alpha value is -1.41. The van der Waals surface area contributed by atoms with Gasteiger partial charge in [-0.3, -0.25) is 4.98 Å². The molecule has 2 nitrogen and oxygen atoms in total. The van der Waals surface area contributed by atoms with Gasteiger partial charge in [0, 0.05) is 11.6 Å². The summed E-state index contributed by atoms with van der Waals surface area (Å²) in [6.07, 6.45) is 4.64. The highest BCUT2D eigenvalue weighted by molar-refractivity contribution is 5.79. The third kappa shape index (κ3) is 1.83. The van der Waals surface area contributed by atoms with Crippen molar-refractivity contribution in [2.24, 2.45) is 0 Å². The second-order valence-electron chi connectivity index (χ2n) is 5.37. The van der Waals surface area contributed by atoms with Crippen LogP contribution in [-0.4, -0.2) is 16.2 Å². The summed E-state index contributed by atoms with van der Waals surface area (Å²) in [5, 5.41) is 10.9. The van der Waals surface area contributed by atoms with E-state index in [2.05, 4.69) is 24.0 Å². The van der Waals surface area contributed by atoms with E-state index in [0.29, 0.717) is 0 Å². The van der Waals surface area contributed by atoms with Gasteiger partial charge in [-0.15, -0.1) is 0 Å². The highest BCUT2D eigenvalue weighted by Gasteiger charge is 2.35. The number of aliphatic hydroxyl groups excluding tert-OH is 1. The number of hydrogen-bond donors (Lipinski definition) is 1. The van der Waals surface area contributed by atoms with Crippen LogP contribution in [0.5, 0.6) is 0 Å². The van der Waals surface area contributed by atoms with Crippen LogP contribution in [0.4, 0.5) is 0 Å². The summed E-state index contributed by atoms with van der Waals surface area (Å²) >= 11 is 0. The predicted molar refractivity (Wildman–Crippen MR) is 69.0 cm³/mol. The maximum atomic E-state index is 9.72. The molecule has 0 spiro atoms. The normalized spacial score (nSPS) is 28.7. The summed E-state index contributed by atoms with van der Waals surface area (Å²) in [5.41, 5.74) is 2.39. The minimum Gasteiger partial charge on any atom is -0.393 e. The van der Waals surface area contributed by atoms with Crippen molar-refractivity contribution in [1.82, 2.24) is 4.98 Å². The number of para-hydroxylation sites is 1. The number of aliphatic hydroxyl groups is 1. The summed E-state index contributed by atoms with van der Waals surface area (Å²) in [6.45, 7) is 2.23. The molecular weight excluding hydrogens is 210 g/mol. The molecule has 0 saturated heterocycles. The molecule has 0 bridgehead atoms. The summed E-state index contributed by atoms with van der Waals surface area (Å²) in [4.78, 5) is 4.51. The van der Waals surface area contributed by atoms with Crippen molar-refractivity contribution in [1.29, 1.82) is 0 Å². The molecule has 3 rings (SSSR count). The van der Waals surface area contributed by atoms with Crippen molar-refractivity contribution >= 4 is 10.9 Å². The Morgan fingerprint density at radius 3 is 2.94 bits per heavy atom. The Balaban J connectivity index is 2.06. The van der Waals surface area contributed by atoms with Crippen LogP contribution < -0.4 is 0 Å². The fraction of sp³-hybridized carbons (Fsp3) is 0.400. The standard InChI is InChI=1S/C15H17NO/c1-15(7-6-13(17)9-15)12-8-11-4-2-3-5-14(11)16-10-12/h2-5,8,10,13,17H,6-7,9H2,1H3. The van der Waals surface area contributed by atoms with E-state index in [4.69, 9.17) is 0 Å². The lowest BCUT2D eigenvalue weighted by Gasteiger charge is -2.24. The second kappa shape index (κ2) is 3.81. The maximum Gasteiger partial charge on any atom is 0.0702 e. The van der Waals surface area contributed by atoms with E-state index >= 15 is 0 Å². The zero-order valence-electron chi connectivity index (χ0n) is 10.1. The van der Waals surface area contributed by atoms with Gasteiger partial charge in [0.1, 0.15) is 0 Å². The molecule has 1 aromatic heterocycles. The molecule has 1 aliphatic rings. The van der Waals surface area contributed by atoms with Crippen LogP contribution in [0, 0.1) is 0 Å². The molecule has 1 saturated carbocycles. The van der Waals surface area contributed by atoms with Crippen LogP contribution in [0.3, 0.4) is 0 Å². The number of benzene rings is 1. The summed E-state index contributed by atoms with van der Waals surface area (Å²) in [5.74, 6) is 0. The minimum atomic E-state index is -0.147. The topological polar surface area (TPSA) is 33.1 Å². The van der Waals surface area contributed by atoms with Crippen LogP contribution in [-0.2, 0) is 5.41 Å². The van der Waals surface area contributed by atoms with Gasteiger partial charge in [0.25, 0.3) is 0 Å². The second-order valence-corrected chi connectivity index (χ2v) is 5.37. The molecule has 88 valence electrons. The summed E-state index contributed by atoms with van der Waals surface area (Å²) in [6, 6.07) is 10.4. The molecule has 2 unspecified atom stereocenters. The van der Waals surface area contributed by atoms with Crippen molar-refractivity contribution in [3.8, 4) is 0 Å². The first kappa shape index (κ1) is 10.7. The van der Waals surface area contributed by atoms with E-state index in [1.54, 1.807) is 0 Å². The molecule has 2 heteroatoms. The smallest absolute Gasteiger partial charge is 0.0702 e. The van der Waals surface area contributed by atoms with Crippen LogP contribution in [0.25, 0.3) is 10.9 Å². The van der Waals surface area contributed by atoms with Gasteiger partial charge in [0.05, 0.1) is 11.6 Å². The van der Waals surface area contributed by atoms with E-state index < -0.39 is 0 Å². The highest BCUT2D eigenvalue weighted by Crippen LogP contribution is 2.41. The zero-order chi connectivity index (χ0) is 11.9. The molecule has 0 radical (unpaired) electrons. The molecule has 2 aromatic rings. The Kier molecular flexibility index (Phi) is 2.40. The van der Waals surface area contributed by atoms with Crippen molar-refractivity contribution in [3.63, 3.8) is 0 Å². The fourth-order valence-electron chi connectivity index (χ4n) is 2.87. The number of fused-ring (bicyclic) bond motifs is 1. The zero-order valence-corrected chi connectivity index (χ0v) is 10.1. The van der Waals surface area contributed by atoms with E-state index in [-0.39, 0.29) is 11.5 Å². The molecule has 17 heavy (non-hydrogen) atoms. The Labute approximate surface area is 101 Å². The largest absolute Gasteiger partial charge is 0.393 e. The average molecular weight is 227 g/mol. The predicted octanol–water partition coefficient (Wildman–Crippen LogP) is 3.04. The van der Waals surface area contributed by atoms with Crippen LogP contribution in [0.2, 0.25) is 0 Å². The quantitative estimate of drug-likeness (QED) is 0.812. The molecular formula is C15H17NO. The van der Waals surface area contributed by atoms with Gasteiger partial charge in [0.2, 0.25) is 0 Å².